The fourth-order valence-electron chi connectivity index (χ4n) is 2.15. The first-order valence-electron chi connectivity index (χ1n) is 6.56. The van der Waals surface area contributed by atoms with Crippen LogP contribution in [0, 0.1) is 0 Å². The maximum Gasteiger partial charge on any atom is 0.0717 e. The Hall–Kier alpha value is -1.87. The van der Waals surface area contributed by atoms with Crippen LogP contribution >= 0.6 is 0 Å². The summed E-state index contributed by atoms with van der Waals surface area (Å²) in [4.78, 5) is 6.36. The lowest BCUT2D eigenvalue weighted by Gasteiger charge is -2.30. The molecule has 2 rings (SSSR count). The third-order valence-corrected chi connectivity index (χ3v) is 3.18. The minimum atomic E-state index is 0.0151. The lowest BCUT2D eigenvalue weighted by atomic mass is 10.1. The second-order valence-corrected chi connectivity index (χ2v) is 4.87. The number of aliphatic hydroxyl groups is 1. The van der Waals surface area contributed by atoms with Gasteiger partial charge < -0.3 is 10.0 Å². The number of pyridine rings is 1. The lowest BCUT2D eigenvalue weighted by Crippen LogP contribution is -2.31. The van der Waals surface area contributed by atoms with Gasteiger partial charge >= 0.3 is 0 Å². The molecule has 0 aliphatic carbocycles. The lowest BCUT2D eigenvalue weighted by molar-refractivity contribution is 0.281. The first kappa shape index (κ1) is 13.6. The third kappa shape index (κ3) is 3.32. The molecular weight excluding hydrogens is 236 g/mol. The molecule has 1 aromatic carbocycles. The summed E-state index contributed by atoms with van der Waals surface area (Å²) >= 11 is 0. The van der Waals surface area contributed by atoms with Crippen molar-refractivity contribution in [2.45, 2.75) is 33.0 Å². The zero-order valence-corrected chi connectivity index (χ0v) is 11.5. The quantitative estimate of drug-likeness (QED) is 0.893. The van der Waals surface area contributed by atoms with Gasteiger partial charge in [-0.1, -0.05) is 30.3 Å². The number of nitrogens with zero attached hydrogens (tertiary/aromatic N) is 2. The van der Waals surface area contributed by atoms with Gasteiger partial charge in [-0.3, -0.25) is 4.98 Å². The van der Waals surface area contributed by atoms with Gasteiger partial charge in [0, 0.05) is 36.2 Å². The molecule has 0 fully saturated rings. The van der Waals surface area contributed by atoms with Gasteiger partial charge in [0.1, 0.15) is 0 Å². The van der Waals surface area contributed by atoms with E-state index in [4.69, 9.17) is 0 Å². The fourth-order valence-corrected chi connectivity index (χ4v) is 2.15. The van der Waals surface area contributed by atoms with Gasteiger partial charge in [0.2, 0.25) is 0 Å². The summed E-state index contributed by atoms with van der Waals surface area (Å²) in [5, 5.41) is 9.45. The predicted octanol–water partition coefficient (Wildman–Crippen LogP) is 2.99. The molecule has 0 aliphatic heterocycles. The minimum absolute atomic E-state index is 0.0151. The SMILES string of the molecule is CC(C)N(Cc1ccccc1)c1ccncc1CO. The van der Waals surface area contributed by atoms with Gasteiger partial charge in [-0.2, -0.15) is 0 Å². The first-order chi connectivity index (χ1) is 9.22. The Morgan fingerprint density at radius 3 is 2.53 bits per heavy atom. The molecule has 1 aromatic heterocycles. The highest BCUT2D eigenvalue weighted by molar-refractivity contribution is 5.53. The van der Waals surface area contributed by atoms with E-state index in [0.29, 0.717) is 6.04 Å². The van der Waals surface area contributed by atoms with E-state index in [1.807, 2.05) is 24.3 Å². The Balaban J connectivity index is 2.30. The Bertz CT molecular complexity index is 511. The van der Waals surface area contributed by atoms with Crippen LogP contribution in [0.25, 0.3) is 0 Å². The Kier molecular flexibility index (Phi) is 4.53. The van der Waals surface area contributed by atoms with E-state index in [0.717, 1.165) is 17.8 Å². The van der Waals surface area contributed by atoms with Crippen molar-refractivity contribution < 1.29 is 5.11 Å². The van der Waals surface area contributed by atoms with Crippen molar-refractivity contribution in [1.29, 1.82) is 0 Å². The van der Waals surface area contributed by atoms with Crippen molar-refractivity contribution in [2.24, 2.45) is 0 Å². The van der Waals surface area contributed by atoms with E-state index in [-0.39, 0.29) is 6.61 Å². The third-order valence-electron chi connectivity index (χ3n) is 3.18. The summed E-state index contributed by atoms with van der Waals surface area (Å²) in [6, 6.07) is 12.7. The largest absolute Gasteiger partial charge is 0.392 e. The number of anilines is 1. The van der Waals surface area contributed by atoms with E-state index >= 15 is 0 Å². The molecule has 1 heterocycles. The minimum Gasteiger partial charge on any atom is -0.392 e. The van der Waals surface area contributed by atoms with Crippen LogP contribution in [0.4, 0.5) is 5.69 Å². The van der Waals surface area contributed by atoms with Crippen LogP contribution in [0.1, 0.15) is 25.0 Å². The zero-order chi connectivity index (χ0) is 13.7. The van der Waals surface area contributed by atoms with Crippen molar-refractivity contribution in [3.05, 3.63) is 59.9 Å². The van der Waals surface area contributed by atoms with E-state index in [1.54, 1.807) is 12.4 Å². The van der Waals surface area contributed by atoms with Crippen LogP contribution in [0.2, 0.25) is 0 Å². The molecule has 2 aromatic rings. The highest BCUT2D eigenvalue weighted by atomic mass is 16.3. The Morgan fingerprint density at radius 1 is 1.16 bits per heavy atom. The van der Waals surface area contributed by atoms with Crippen molar-refractivity contribution in [3.63, 3.8) is 0 Å². The van der Waals surface area contributed by atoms with Crippen molar-refractivity contribution in [1.82, 2.24) is 4.98 Å². The smallest absolute Gasteiger partial charge is 0.0717 e. The summed E-state index contributed by atoms with van der Waals surface area (Å²) in [7, 11) is 0. The van der Waals surface area contributed by atoms with E-state index in [9.17, 15) is 5.11 Å². The molecule has 0 saturated heterocycles. The summed E-state index contributed by atoms with van der Waals surface area (Å²) in [5.74, 6) is 0. The zero-order valence-electron chi connectivity index (χ0n) is 11.5. The molecule has 100 valence electrons. The Labute approximate surface area is 114 Å². The highest BCUT2D eigenvalue weighted by Crippen LogP contribution is 2.23. The fraction of sp³-hybridized carbons (Fsp3) is 0.312. The summed E-state index contributed by atoms with van der Waals surface area (Å²) in [6.45, 7) is 5.16. The van der Waals surface area contributed by atoms with Crippen molar-refractivity contribution >= 4 is 5.69 Å². The molecule has 0 amide bonds. The molecule has 0 radical (unpaired) electrons. The summed E-state index contributed by atoms with van der Waals surface area (Å²) < 4.78 is 0. The van der Waals surface area contributed by atoms with Crippen LogP contribution < -0.4 is 4.90 Å². The number of rotatable bonds is 5. The normalized spacial score (nSPS) is 10.7. The topological polar surface area (TPSA) is 36.4 Å². The number of aliphatic hydroxyl groups excluding tert-OH is 1. The monoisotopic (exact) mass is 256 g/mol. The van der Waals surface area contributed by atoms with Gasteiger partial charge in [-0.15, -0.1) is 0 Å². The summed E-state index contributed by atoms with van der Waals surface area (Å²) in [6.07, 6.45) is 3.50. The maximum absolute atomic E-state index is 9.45. The van der Waals surface area contributed by atoms with Gasteiger partial charge in [0.05, 0.1) is 6.61 Å². The van der Waals surface area contributed by atoms with Crippen LogP contribution in [0.15, 0.2) is 48.8 Å². The average Bonchev–Trinajstić information content (AvgIpc) is 2.45. The molecule has 1 N–H and O–H groups in total. The summed E-state index contributed by atoms with van der Waals surface area (Å²) in [5.41, 5.74) is 3.18. The molecule has 0 spiro atoms. The molecule has 19 heavy (non-hydrogen) atoms. The first-order valence-corrected chi connectivity index (χ1v) is 6.56. The van der Waals surface area contributed by atoms with E-state index < -0.39 is 0 Å². The molecule has 0 aliphatic rings. The molecule has 0 unspecified atom stereocenters. The van der Waals surface area contributed by atoms with Gasteiger partial charge in [0.15, 0.2) is 0 Å². The number of benzene rings is 1. The van der Waals surface area contributed by atoms with Gasteiger partial charge in [0.25, 0.3) is 0 Å². The molecule has 3 heteroatoms. The van der Waals surface area contributed by atoms with Gasteiger partial charge in [-0.05, 0) is 25.5 Å². The Morgan fingerprint density at radius 2 is 1.89 bits per heavy atom. The van der Waals surface area contributed by atoms with E-state index in [1.165, 1.54) is 5.56 Å². The number of aromatic nitrogens is 1. The van der Waals surface area contributed by atoms with Gasteiger partial charge in [-0.25, -0.2) is 0 Å². The standard InChI is InChI=1S/C16H20N2O/c1-13(2)18(11-14-6-4-3-5-7-14)16-8-9-17-10-15(16)12-19/h3-10,13,19H,11-12H2,1-2H3. The predicted molar refractivity (Wildman–Crippen MR) is 77.9 cm³/mol. The van der Waals surface area contributed by atoms with Crippen LogP contribution in [0.3, 0.4) is 0 Å². The molecule has 0 bridgehead atoms. The molecular formula is C16H20N2O. The van der Waals surface area contributed by atoms with Crippen molar-refractivity contribution in [3.8, 4) is 0 Å². The van der Waals surface area contributed by atoms with Crippen LogP contribution in [0.5, 0.6) is 0 Å². The second-order valence-electron chi connectivity index (χ2n) is 4.87. The molecule has 0 atom stereocenters. The highest BCUT2D eigenvalue weighted by Gasteiger charge is 2.14. The van der Waals surface area contributed by atoms with Crippen molar-refractivity contribution in [2.75, 3.05) is 4.90 Å². The average molecular weight is 256 g/mol. The number of hydrogen-bond acceptors (Lipinski definition) is 3. The molecule has 3 nitrogen and oxygen atoms in total. The number of hydrogen-bond donors (Lipinski definition) is 1. The van der Waals surface area contributed by atoms with Crippen LogP contribution in [-0.2, 0) is 13.2 Å². The molecule has 0 saturated carbocycles. The van der Waals surface area contributed by atoms with E-state index in [2.05, 4.69) is 35.9 Å². The van der Waals surface area contributed by atoms with Crippen LogP contribution in [-0.4, -0.2) is 16.1 Å². The maximum atomic E-state index is 9.45. The second kappa shape index (κ2) is 6.34.